The van der Waals surface area contributed by atoms with Gasteiger partial charge < -0.3 is 9.84 Å². The molecule has 0 unspecified atom stereocenters. The third kappa shape index (κ3) is 7.68. The van der Waals surface area contributed by atoms with Crippen LogP contribution in [0.25, 0.3) is 0 Å². The molecule has 0 aromatic heterocycles. The molecule has 0 aliphatic carbocycles. The van der Waals surface area contributed by atoms with Gasteiger partial charge in [-0.05, 0) is 48.7 Å². The molecule has 2 aromatic rings. The van der Waals surface area contributed by atoms with Crippen LogP contribution in [0.15, 0.2) is 47.4 Å². The van der Waals surface area contributed by atoms with Crippen molar-refractivity contribution in [3.63, 3.8) is 0 Å². The van der Waals surface area contributed by atoms with Crippen molar-refractivity contribution in [1.82, 2.24) is 0 Å². The Morgan fingerprint density at radius 1 is 1.00 bits per heavy atom. The van der Waals surface area contributed by atoms with Crippen molar-refractivity contribution >= 4 is 10.1 Å². The Kier molecular flexibility index (Phi) is 10.4. The Morgan fingerprint density at radius 2 is 1.65 bits per heavy atom. The van der Waals surface area contributed by atoms with E-state index >= 15 is 0 Å². The van der Waals surface area contributed by atoms with Crippen LogP contribution in [0.1, 0.15) is 44.6 Å². The molecule has 0 spiro atoms. The third-order valence-corrected chi connectivity index (χ3v) is 4.78. The smallest absolute Gasteiger partial charge is 0.872 e. The molecule has 0 aliphatic rings. The molecule has 136 valence electrons. The molecule has 0 saturated heterocycles. The van der Waals surface area contributed by atoms with Gasteiger partial charge in [-0.1, -0.05) is 44.7 Å². The maximum absolute atomic E-state index is 11.4. The number of hydrogen-bond donors (Lipinski definition) is 1. The van der Waals surface area contributed by atoms with Crippen molar-refractivity contribution < 1.29 is 74.2 Å². The predicted octanol–water partition coefficient (Wildman–Crippen LogP) is 1.32. The number of aryl methyl sites for hydroxylation is 1. The minimum atomic E-state index is -4.26. The molecule has 0 aliphatic heterocycles. The fourth-order valence-corrected chi connectivity index (χ4v) is 3.10. The van der Waals surface area contributed by atoms with E-state index in [0.717, 1.165) is 31.2 Å². The van der Waals surface area contributed by atoms with Crippen LogP contribution < -0.4 is 61.2 Å². The Bertz CT molecular complexity index is 788. The fourth-order valence-electron chi connectivity index (χ4n) is 2.56. The molecule has 5 nitrogen and oxygen atoms in total. The van der Waals surface area contributed by atoms with Gasteiger partial charge >= 0.3 is 51.4 Å². The van der Waals surface area contributed by atoms with Gasteiger partial charge in [0, 0.05) is 0 Å². The summed E-state index contributed by atoms with van der Waals surface area (Å²) in [6.07, 6.45) is 6.08. The van der Waals surface area contributed by atoms with E-state index in [0.29, 0.717) is 17.9 Å². The molecule has 0 heterocycles. The van der Waals surface area contributed by atoms with Crippen molar-refractivity contribution in [2.24, 2.45) is 0 Å². The van der Waals surface area contributed by atoms with E-state index in [1.54, 1.807) is 12.1 Å². The summed E-state index contributed by atoms with van der Waals surface area (Å²) in [5.74, 6) is 0.929. The Hall–Kier alpha value is -0.414. The summed E-state index contributed by atoms with van der Waals surface area (Å²) in [4.78, 5) is -0.140. The van der Waals surface area contributed by atoms with Crippen molar-refractivity contribution in [3.8, 4) is 17.2 Å². The minimum Gasteiger partial charge on any atom is -0.872 e. The van der Waals surface area contributed by atoms with Gasteiger partial charge in [-0.2, -0.15) is 8.42 Å². The molecular weight excluding hydrogens is 379 g/mol. The average molecular weight is 403 g/mol. The maximum Gasteiger partial charge on any atom is 1.00 e. The normalized spacial score (nSPS) is 11.0. The zero-order valence-corrected chi connectivity index (χ0v) is 19.2. The molecule has 0 fully saturated rings. The first-order valence-electron chi connectivity index (χ1n) is 8.45. The predicted molar refractivity (Wildman–Crippen MR) is 94.7 cm³/mol. The first kappa shape index (κ1) is 23.6. The van der Waals surface area contributed by atoms with Crippen LogP contribution in [0.5, 0.6) is 17.2 Å². The van der Waals surface area contributed by atoms with Crippen LogP contribution in [0.4, 0.5) is 0 Å². The second kappa shape index (κ2) is 11.4. The third-order valence-electron chi connectivity index (χ3n) is 3.93. The molecule has 2 rings (SSSR count). The molecule has 2 aromatic carbocycles. The van der Waals surface area contributed by atoms with Gasteiger partial charge in [-0.3, -0.25) is 4.55 Å². The standard InChI is InChI=1S/C19H24O5S.K/c1-2-3-4-5-6-7-15-14-18(25(21,22)23)12-13-19(15)24-17-10-8-16(20)9-11-17;/h8-14,20H,2-7H2,1H3,(H,21,22,23);/q;+1/p-1. The molecule has 0 saturated carbocycles. The number of hydrogen-bond acceptors (Lipinski definition) is 4. The quantitative estimate of drug-likeness (QED) is 0.388. The van der Waals surface area contributed by atoms with Gasteiger partial charge in [0.25, 0.3) is 10.1 Å². The summed E-state index contributed by atoms with van der Waals surface area (Å²) in [7, 11) is -4.26. The van der Waals surface area contributed by atoms with Crippen molar-refractivity contribution in [3.05, 3.63) is 48.0 Å². The van der Waals surface area contributed by atoms with Crippen molar-refractivity contribution in [2.45, 2.75) is 50.3 Å². The van der Waals surface area contributed by atoms with E-state index < -0.39 is 10.1 Å². The zero-order chi connectivity index (χ0) is 18.3. The molecule has 0 radical (unpaired) electrons. The fraction of sp³-hybridized carbons (Fsp3) is 0.368. The SMILES string of the molecule is CCCCCCCc1cc(S(=O)(=O)O)ccc1Oc1ccc([O-])cc1.[K+]. The summed E-state index contributed by atoms with van der Waals surface area (Å²) in [6.45, 7) is 2.15. The molecule has 7 heteroatoms. The molecule has 0 atom stereocenters. The van der Waals surface area contributed by atoms with E-state index in [4.69, 9.17) is 4.74 Å². The van der Waals surface area contributed by atoms with E-state index in [2.05, 4.69) is 6.92 Å². The van der Waals surface area contributed by atoms with Crippen molar-refractivity contribution in [2.75, 3.05) is 0 Å². The topological polar surface area (TPSA) is 86.7 Å². The van der Waals surface area contributed by atoms with Gasteiger partial charge in [0.2, 0.25) is 0 Å². The van der Waals surface area contributed by atoms with Gasteiger partial charge in [0.15, 0.2) is 0 Å². The minimum absolute atomic E-state index is 0. The van der Waals surface area contributed by atoms with E-state index in [9.17, 15) is 18.1 Å². The summed E-state index contributed by atoms with van der Waals surface area (Å²) < 4.78 is 37.8. The summed E-state index contributed by atoms with van der Waals surface area (Å²) >= 11 is 0. The van der Waals surface area contributed by atoms with Crippen LogP contribution >= 0.6 is 0 Å². The van der Waals surface area contributed by atoms with Crippen LogP contribution in [-0.2, 0) is 16.5 Å². The molecule has 0 amide bonds. The molecular formula is C19H23KO5S. The van der Waals surface area contributed by atoms with E-state index in [-0.39, 0.29) is 62.0 Å². The Labute approximate surface area is 198 Å². The van der Waals surface area contributed by atoms with Gasteiger partial charge in [-0.25, -0.2) is 0 Å². The van der Waals surface area contributed by atoms with Crippen molar-refractivity contribution in [1.29, 1.82) is 0 Å². The number of rotatable bonds is 9. The first-order valence-corrected chi connectivity index (χ1v) is 9.89. The maximum atomic E-state index is 11.4. The van der Waals surface area contributed by atoms with Gasteiger partial charge in [0.05, 0.1) is 4.90 Å². The average Bonchev–Trinajstić information content (AvgIpc) is 2.57. The summed E-state index contributed by atoms with van der Waals surface area (Å²) in [6, 6.07) is 10.3. The first-order chi connectivity index (χ1) is 11.9. The van der Waals surface area contributed by atoms with Gasteiger partial charge in [0.1, 0.15) is 11.5 Å². The van der Waals surface area contributed by atoms with Crippen LogP contribution in [-0.4, -0.2) is 13.0 Å². The van der Waals surface area contributed by atoms with E-state index in [1.165, 1.54) is 36.8 Å². The van der Waals surface area contributed by atoms with Gasteiger partial charge in [-0.15, -0.1) is 5.75 Å². The largest absolute Gasteiger partial charge is 1.00 e. The number of ether oxygens (including phenoxy) is 1. The second-order valence-electron chi connectivity index (χ2n) is 5.98. The van der Waals surface area contributed by atoms with Crippen LogP contribution in [0.2, 0.25) is 0 Å². The molecule has 1 N–H and O–H groups in total. The molecule has 26 heavy (non-hydrogen) atoms. The van der Waals surface area contributed by atoms with Crippen LogP contribution in [0, 0.1) is 0 Å². The molecule has 0 bridgehead atoms. The Morgan fingerprint density at radius 3 is 2.27 bits per heavy atom. The number of benzene rings is 2. The summed E-state index contributed by atoms with van der Waals surface area (Å²) in [5.41, 5.74) is 0.720. The van der Waals surface area contributed by atoms with Crippen LogP contribution in [0.3, 0.4) is 0 Å². The zero-order valence-electron chi connectivity index (χ0n) is 15.3. The summed E-state index contributed by atoms with van der Waals surface area (Å²) in [5, 5.41) is 11.2. The monoisotopic (exact) mass is 402 g/mol. The van der Waals surface area contributed by atoms with E-state index in [1.807, 2.05) is 0 Å². The second-order valence-corrected chi connectivity index (χ2v) is 7.40. The Balaban J connectivity index is 0.00000338. The number of unbranched alkanes of at least 4 members (excludes halogenated alkanes) is 4.